The maximum absolute atomic E-state index is 12.3. The molecule has 2 nitrogen and oxygen atoms in total. The van der Waals surface area contributed by atoms with Gasteiger partial charge < -0.3 is 4.74 Å². The molecule has 0 unspecified atom stereocenters. The van der Waals surface area contributed by atoms with Crippen LogP contribution in [0.4, 0.5) is 0 Å². The van der Waals surface area contributed by atoms with Crippen molar-refractivity contribution < 1.29 is 9.53 Å². The molecule has 2 rings (SSSR count). The van der Waals surface area contributed by atoms with E-state index in [2.05, 4.69) is 37.0 Å². The molecule has 0 spiro atoms. The molecule has 1 aliphatic carbocycles. The number of allylic oxidation sites excluding steroid dienone is 1. The Labute approximate surface area is 145 Å². The Hall–Kier alpha value is -0.520. The van der Waals surface area contributed by atoms with E-state index in [0.717, 1.165) is 16.9 Å². The first kappa shape index (κ1) is 17.8. The maximum atomic E-state index is 12.3. The van der Waals surface area contributed by atoms with E-state index in [1.54, 1.807) is 14.0 Å². The van der Waals surface area contributed by atoms with E-state index in [9.17, 15) is 4.79 Å². The van der Waals surface area contributed by atoms with Gasteiger partial charge in [-0.1, -0.05) is 24.3 Å². The minimum Gasteiger partial charge on any atom is -0.496 e. The Morgan fingerprint density at radius 2 is 1.82 bits per heavy atom. The highest BCUT2D eigenvalue weighted by Gasteiger charge is 2.46. The zero-order chi connectivity index (χ0) is 16.3. The van der Waals surface area contributed by atoms with Crippen LogP contribution in [-0.4, -0.2) is 35.1 Å². The maximum Gasteiger partial charge on any atom is 0.137 e. The molecule has 1 aromatic carbocycles. The number of hydrogen-bond acceptors (Lipinski definition) is 5. The number of ether oxygens (including phenoxy) is 1. The molecule has 0 radical (unpaired) electrons. The Bertz CT molecular complexity index is 571. The van der Waals surface area contributed by atoms with Gasteiger partial charge in [0.15, 0.2) is 0 Å². The van der Waals surface area contributed by atoms with Gasteiger partial charge in [-0.25, -0.2) is 0 Å². The monoisotopic (exact) mass is 354 g/mol. The summed E-state index contributed by atoms with van der Waals surface area (Å²) in [7, 11) is 1.70. The van der Waals surface area contributed by atoms with E-state index < -0.39 is 0 Å². The molecule has 5 heteroatoms. The van der Waals surface area contributed by atoms with Crippen molar-refractivity contribution in [3.8, 4) is 5.75 Å². The summed E-state index contributed by atoms with van der Waals surface area (Å²) in [4.78, 5) is 12.3. The molecule has 1 aromatic rings. The Morgan fingerprint density at radius 1 is 1.18 bits per heavy atom. The SMILES string of the molecule is COc1cccc2c1[C@@H](C(SC)(SC)SC)[C@H](C(C)=O)C=C2. The number of fused-ring (bicyclic) bond motifs is 1. The topological polar surface area (TPSA) is 26.3 Å². The lowest BCUT2D eigenvalue weighted by Crippen LogP contribution is -2.35. The van der Waals surface area contributed by atoms with Gasteiger partial charge >= 0.3 is 0 Å². The lowest BCUT2D eigenvalue weighted by atomic mass is 9.77. The van der Waals surface area contributed by atoms with Crippen molar-refractivity contribution in [3.05, 3.63) is 35.4 Å². The summed E-state index contributed by atoms with van der Waals surface area (Å²) in [6, 6.07) is 6.10. The van der Waals surface area contributed by atoms with Gasteiger partial charge in [0.05, 0.1) is 7.11 Å². The van der Waals surface area contributed by atoms with E-state index in [4.69, 9.17) is 4.74 Å². The summed E-state index contributed by atoms with van der Waals surface area (Å²) < 4.78 is 5.51. The lowest BCUT2D eigenvalue weighted by Gasteiger charge is -2.42. The number of carbonyl (C=O) groups is 1. The van der Waals surface area contributed by atoms with Crippen molar-refractivity contribution in [1.29, 1.82) is 0 Å². The van der Waals surface area contributed by atoms with Crippen LogP contribution in [0.5, 0.6) is 5.75 Å². The van der Waals surface area contributed by atoms with Crippen molar-refractivity contribution >= 4 is 47.1 Å². The molecule has 0 aliphatic heterocycles. The number of rotatable bonds is 6. The fourth-order valence-electron chi connectivity index (χ4n) is 3.11. The predicted molar refractivity (Wildman–Crippen MR) is 102 cm³/mol. The van der Waals surface area contributed by atoms with Crippen molar-refractivity contribution in [3.63, 3.8) is 0 Å². The fourth-order valence-corrected chi connectivity index (χ4v) is 6.67. The molecular weight excluding hydrogens is 332 g/mol. The molecule has 0 heterocycles. The molecular formula is C17H22O2S3. The molecule has 0 bridgehead atoms. The average Bonchev–Trinajstić information content (AvgIpc) is 2.55. The lowest BCUT2D eigenvalue weighted by molar-refractivity contribution is -0.119. The molecule has 0 aromatic heterocycles. The second-order valence-corrected chi connectivity index (χ2v) is 9.08. The molecule has 0 saturated heterocycles. The van der Waals surface area contributed by atoms with Gasteiger partial charge in [0.1, 0.15) is 14.9 Å². The normalized spacial score (nSPS) is 20.6. The van der Waals surface area contributed by atoms with E-state index in [0.29, 0.717) is 0 Å². The van der Waals surface area contributed by atoms with E-state index >= 15 is 0 Å². The van der Waals surface area contributed by atoms with Crippen LogP contribution in [0.25, 0.3) is 6.08 Å². The van der Waals surface area contributed by atoms with Crippen LogP contribution in [-0.2, 0) is 4.79 Å². The molecule has 0 saturated carbocycles. The van der Waals surface area contributed by atoms with Crippen LogP contribution in [0, 0.1) is 5.92 Å². The molecule has 120 valence electrons. The van der Waals surface area contributed by atoms with Crippen LogP contribution in [0.2, 0.25) is 0 Å². The summed E-state index contributed by atoms with van der Waals surface area (Å²) in [5.41, 5.74) is 2.31. The second kappa shape index (κ2) is 7.37. The summed E-state index contributed by atoms with van der Waals surface area (Å²) in [6.45, 7) is 1.69. The first-order valence-corrected chi connectivity index (χ1v) is 10.7. The largest absolute Gasteiger partial charge is 0.496 e. The number of carbonyl (C=O) groups excluding carboxylic acids is 1. The zero-order valence-corrected chi connectivity index (χ0v) is 16.0. The molecule has 0 N–H and O–H groups in total. The fraction of sp³-hybridized carbons (Fsp3) is 0.471. The Balaban J connectivity index is 2.71. The molecule has 2 atom stereocenters. The van der Waals surface area contributed by atoms with E-state index in [1.807, 2.05) is 47.4 Å². The minimum atomic E-state index is -0.121. The summed E-state index contributed by atoms with van der Waals surface area (Å²) >= 11 is 5.44. The van der Waals surface area contributed by atoms with Gasteiger partial charge in [-0.3, -0.25) is 4.79 Å². The summed E-state index contributed by atoms with van der Waals surface area (Å²) in [6.07, 6.45) is 10.5. The standard InChI is InChI=1S/C17H22O2S3/c1-11(18)13-10-9-12-7-6-8-14(19-2)15(12)16(13)17(20-3,21-4)22-5/h6-10,13,16H,1-5H3/t13-,16-/m0/s1. The minimum absolute atomic E-state index is 0.0844. The number of methoxy groups -OCH3 is 1. The molecule has 22 heavy (non-hydrogen) atoms. The molecule has 0 amide bonds. The van der Waals surface area contributed by atoms with Crippen LogP contribution in [0.3, 0.4) is 0 Å². The van der Waals surface area contributed by atoms with Crippen LogP contribution in [0.1, 0.15) is 24.0 Å². The highest BCUT2D eigenvalue weighted by atomic mass is 32.3. The first-order chi connectivity index (χ1) is 10.5. The van der Waals surface area contributed by atoms with Crippen molar-refractivity contribution in [2.24, 2.45) is 5.92 Å². The third-order valence-electron chi connectivity index (χ3n) is 4.18. The molecule has 1 aliphatic rings. The van der Waals surface area contributed by atoms with Crippen molar-refractivity contribution in [1.82, 2.24) is 0 Å². The van der Waals surface area contributed by atoms with Gasteiger partial charge in [-0.2, -0.15) is 0 Å². The third kappa shape index (κ3) is 2.95. The smallest absolute Gasteiger partial charge is 0.137 e. The van der Waals surface area contributed by atoms with Gasteiger partial charge in [-0.15, -0.1) is 35.3 Å². The summed E-state index contributed by atoms with van der Waals surface area (Å²) in [5, 5.41) is 0. The number of Topliss-reactive ketones (excluding diaryl/α,β-unsaturated/α-hetero) is 1. The second-order valence-electron chi connectivity index (χ2n) is 5.15. The number of ketones is 1. The number of benzene rings is 1. The van der Waals surface area contributed by atoms with Crippen LogP contribution < -0.4 is 4.74 Å². The Kier molecular flexibility index (Phi) is 5.97. The average molecular weight is 355 g/mol. The van der Waals surface area contributed by atoms with Gasteiger partial charge in [0, 0.05) is 17.4 Å². The quantitative estimate of drug-likeness (QED) is 0.687. The first-order valence-electron chi connectivity index (χ1n) is 7.05. The van der Waals surface area contributed by atoms with Crippen molar-refractivity contribution in [2.75, 3.05) is 25.9 Å². The highest BCUT2D eigenvalue weighted by molar-refractivity contribution is 8.33. The highest BCUT2D eigenvalue weighted by Crippen LogP contribution is 2.59. The van der Waals surface area contributed by atoms with Crippen LogP contribution in [0.15, 0.2) is 24.3 Å². The number of thioether (sulfide) groups is 3. The summed E-state index contributed by atoms with van der Waals surface area (Å²) in [5.74, 6) is 1.05. The van der Waals surface area contributed by atoms with E-state index in [1.165, 1.54) is 0 Å². The third-order valence-corrected chi connectivity index (χ3v) is 9.65. The van der Waals surface area contributed by atoms with Gasteiger partial charge in [0.2, 0.25) is 0 Å². The predicted octanol–water partition coefficient (Wildman–Crippen LogP) is 4.75. The zero-order valence-electron chi connectivity index (χ0n) is 13.6. The van der Waals surface area contributed by atoms with Crippen LogP contribution >= 0.6 is 35.3 Å². The number of hydrogen-bond donors (Lipinski definition) is 0. The van der Waals surface area contributed by atoms with Gasteiger partial charge in [-0.05, 0) is 37.3 Å². The Morgan fingerprint density at radius 3 is 2.32 bits per heavy atom. The van der Waals surface area contributed by atoms with E-state index in [-0.39, 0.29) is 21.0 Å². The van der Waals surface area contributed by atoms with Gasteiger partial charge in [0.25, 0.3) is 0 Å². The van der Waals surface area contributed by atoms with Crippen molar-refractivity contribution in [2.45, 2.75) is 16.3 Å². The molecule has 0 fully saturated rings.